The number of benzene rings is 2. The molecule has 0 saturated heterocycles. The highest BCUT2D eigenvalue weighted by Crippen LogP contribution is 2.37. The number of sulfonamides is 1. The first-order valence-electron chi connectivity index (χ1n) is 10.1. The number of amides is 1. The van der Waals surface area contributed by atoms with Gasteiger partial charge in [-0.25, -0.2) is 8.42 Å². The minimum Gasteiger partial charge on any atom is -0.310 e. The number of thiophene rings is 1. The molecule has 0 saturated carbocycles. The maximum Gasteiger partial charge on any atom is 0.271 e. The quantitative estimate of drug-likeness (QED) is 0.532. The van der Waals surface area contributed by atoms with E-state index in [0.717, 1.165) is 35.3 Å². The summed E-state index contributed by atoms with van der Waals surface area (Å²) in [5.41, 5.74) is 3.49. The number of anilines is 2. The van der Waals surface area contributed by atoms with Crippen LogP contribution in [-0.2, 0) is 27.7 Å². The molecule has 2 aromatic carbocycles. The van der Waals surface area contributed by atoms with E-state index < -0.39 is 10.0 Å². The van der Waals surface area contributed by atoms with E-state index in [1.807, 2.05) is 18.2 Å². The van der Waals surface area contributed by atoms with Crippen LogP contribution in [0.5, 0.6) is 0 Å². The Balaban J connectivity index is 1.57. The molecular weight excluding hydrogens is 466 g/mol. The molecule has 1 N–H and O–H groups in total. The zero-order chi connectivity index (χ0) is 22.7. The molecule has 32 heavy (non-hydrogen) atoms. The average Bonchev–Trinajstić information content (AvgIpc) is 3.25. The number of rotatable bonds is 6. The highest BCUT2D eigenvalue weighted by Gasteiger charge is 2.27. The Hall–Kier alpha value is -2.86. The van der Waals surface area contributed by atoms with E-state index >= 15 is 0 Å². The van der Waals surface area contributed by atoms with Gasteiger partial charge in [0.15, 0.2) is 0 Å². The molecule has 0 fully saturated rings. The van der Waals surface area contributed by atoms with Gasteiger partial charge in [0.1, 0.15) is 4.21 Å². The summed E-state index contributed by atoms with van der Waals surface area (Å²) in [5, 5.41) is 8.92. The second kappa shape index (κ2) is 9.33. The Bertz CT molecular complexity index is 1290. The van der Waals surface area contributed by atoms with Crippen molar-refractivity contribution in [3.05, 3.63) is 75.6 Å². The molecule has 9 heteroatoms. The van der Waals surface area contributed by atoms with E-state index in [9.17, 15) is 13.2 Å². The summed E-state index contributed by atoms with van der Waals surface area (Å²) in [4.78, 5) is 14.8. The third kappa shape index (κ3) is 4.80. The van der Waals surface area contributed by atoms with Crippen LogP contribution in [0.2, 0.25) is 4.34 Å². The van der Waals surface area contributed by atoms with Gasteiger partial charge >= 0.3 is 0 Å². The molecule has 6 nitrogen and oxygen atoms in total. The van der Waals surface area contributed by atoms with Crippen molar-refractivity contribution >= 4 is 50.2 Å². The number of halogens is 1. The maximum absolute atomic E-state index is 13.1. The second-order valence-corrected chi connectivity index (χ2v) is 11.1. The van der Waals surface area contributed by atoms with Crippen molar-refractivity contribution in [2.75, 3.05) is 16.2 Å². The van der Waals surface area contributed by atoms with Gasteiger partial charge in [-0.15, -0.1) is 11.3 Å². The molecule has 3 aromatic rings. The summed E-state index contributed by atoms with van der Waals surface area (Å²) in [5.74, 6) is -0.0684. The lowest BCUT2D eigenvalue weighted by molar-refractivity contribution is -0.118. The van der Waals surface area contributed by atoms with Crippen LogP contribution in [-0.4, -0.2) is 20.9 Å². The van der Waals surface area contributed by atoms with E-state index in [-0.39, 0.29) is 16.5 Å². The normalized spacial score (nSPS) is 13.3. The highest BCUT2D eigenvalue weighted by atomic mass is 35.5. The minimum absolute atomic E-state index is 0.0684. The average molecular weight is 486 g/mol. The first-order valence-corrected chi connectivity index (χ1v) is 12.7. The number of nitrogens with one attached hydrogen (secondary N) is 1. The lowest BCUT2D eigenvalue weighted by Crippen LogP contribution is -2.36. The number of carbonyl (C=O) groups excluding carboxylic acids is 1. The Labute approximate surface area is 196 Å². The monoisotopic (exact) mass is 485 g/mol. The predicted molar refractivity (Wildman–Crippen MR) is 127 cm³/mol. The van der Waals surface area contributed by atoms with Crippen LogP contribution in [0.1, 0.15) is 29.5 Å². The minimum atomic E-state index is -3.82. The summed E-state index contributed by atoms with van der Waals surface area (Å²) in [6.07, 6.45) is 2.41. The number of nitriles is 1. The molecule has 0 bridgehead atoms. The van der Waals surface area contributed by atoms with Gasteiger partial charge in [0, 0.05) is 13.0 Å². The number of hydrogen-bond acceptors (Lipinski definition) is 5. The third-order valence-corrected chi connectivity index (χ3v) is 8.38. The van der Waals surface area contributed by atoms with E-state index in [0.29, 0.717) is 34.2 Å². The third-order valence-electron chi connectivity index (χ3n) is 5.29. The van der Waals surface area contributed by atoms with Crippen molar-refractivity contribution in [3.63, 3.8) is 0 Å². The van der Waals surface area contributed by atoms with E-state index in [4.69, 9.17) is 16.9 Å². The van der Waals surface area contributed by atoms with Crippen molar-refractivity contribution in [1.29, 1.82) is 5.26 Å². The lowest BCUT2D eigenvalue weighted by Gasteiger charge is -2.31. The van der Waals surface area contributed by atoms with Crippen LogP contribution in [0.25, 0.3) is 0 Å². The Morgan fingerprint density at radius 1 is 1.16 bits per heavy atom. The molecule has 0 unspecified atom stereocenters. The van der Waals surface area contributed by atoms with Crippen LogP contribution in [0.15, 0.2) is 58.8 Å². The topological polar surface area (TPSA) is 90.3 Å². The van der Waals surface area contributed by atoms with Gasteiger partial charge in [-0.05, 0) is 60.7 Å². The molecular formula is C23H20ClN3O3S2. The van der Waals surface area contributed by atoms with Gasteiger partial charge in [-0.2, -0.15) is 5.26 Å². The summed E-state index contributed by atoms with van der Waals surface area (Å²) in [7, 11) is -3.82. The molecule has 4 rings (SSSR count). The molecule has 0 radical (unpaired) electrons. The first kappa shape index (κ1) is 22.3. The van der Waals surface area contributed by atoms with E-state index in [1.54, 1.807) is 35.2 Å². The molecule has 164 valence electrons. The SMILES string of the molecule is N#Cc1ccc(CCC(=O)N2CCCc3cccc(NS(=O)(=O)c4ccc(Cl)s4)c32)cc1. The van der Waals surface area contributed by atoms with Crippen LogP contribution < -0.4 is 9.62 Å². The fraction of sp³-hybridized carbons (Fsp3) is 0.217. The van der Waals surface area contributed by atoms with Crippen LogP contribution in [0, 0.1) is 11.3 Å². The zero-order valence-corrected chi connectivity index (χ0v) is 19.4. The first-order chi connectivity index (χ1) is 15.4. The molecule has 1 aliphatic rings. The summed E-state index contributed by atoms with van der Waals surface area (Å²) in [6, 6.07) is 17.7. The smallest absolute Gasteiger partial charge is 0.271 e. The fourth-order valence-electron chi connectivity index (χ4n) is 3.75. The largest absolute Gasteiger partial charge is 0.310 e. The Morgan fingerprint density at radius 2 is 1.94 bits per heavy atom. The van der Waals surface area contributed by atoms with Crippen LogP contribution in [0.3, 0.4) is 0 Å². The van der Waals surface area contributed by atoms with Gasteiger partial charge in [0.2, 0.25) is 5.91 Å². The number of hydrogen-bond donors (Lipinski definition) is 1. The highest BCUT2D eigenvalue weighted by molar-refractivity contribution is 7.94. The lowest BCUT2D eigenvalue weighted by atomic mass is 9.99. The van der Waals surface area contributed by atoms with Crippen molar-refractivity contribution < 1.29 is 13.2 Å². The fourth-order valence-corrected chi connectivity index (χ4v) is 6.30. The molecule has 0 aliphatic carbocycles. The molecule has 1 aromatic heterocycles. The predicted octanol–water partition coefficient (Wildman–Crippen LogP) is 4.99. The summed E-state index contributed by atoms with van der Waals surface area (Å²) < 4.78 is 28.9. The van der Waals surface area contributed by atoms with Gasteiger partial charge in [0.25, 0.3) is 10.0 Å². The van der Waals surface area contributed by atoms with Crippen molar-refractivity contribution in [3.8, 4) is 6.07 Å². The number of para-hydroxylation sites is 1. The summed E-state index contributed by atoms with van der Waals surface area (Å²) in [6.45, 7) is 0.531. The number of nitrogens with zero attached hydrogens (tertiary/aromatic N) is 2. The number of fused-ring (bicyclic) bond motifs is 1. The van der Waals surface area contributed by atoms with Gasteiger partial charge in [-0.3, -0.25) is 9.52 Å². The summed E-state index contributed by atoms with van der Waals surface area (Å²) >= 11 is 6.89. The van der Waals surface area contributed by atoms with Crippen molar-refractivity contribution in [1.82, 2.24) is 0 Å². The van der Waals surface area contributed by atoms with Crippen LogP contribution >= 0.6 is 22.9 Å². The number of aryl methyl sites for hydroxylation is 2. The molecule has 0 atom stereocenters. The molecule has 1 aliphatic heterocycles. The maximum atomic E-state index is 13.1. The van der Waals surface area contributed by atoms with E-state index in [1.165, 1.54) is 6.07 Å². The van der Waals surface area contributed by atoms with Crippen molar-refractivity contribution in [2.24, 2.45) is 0 Å². The second-order valence-electron chi connectivity index (χ2n) is 7.44. The number of carbonyl (C=O) groups is 1. The molecule has 1 amide bonds. The van der Waals surface area contributed by atoms with Crippen LogP contribution in [0.4, 0.5) is 11.4 Å². The molecule has 0 spiro atoms. The van der Waals surface area contributed by atoms with Gasteiger partial charge in [-0.1, -0.05) is 35.9 Å². The van der Waals surface area contributed by atoms with Gasteiger partial charge in [0.05, 0.1) is 27.3 Å². The Kier molecular flexibility index (Phi) is 6.51. The Morgan fingerprint density at radius 3 is 2.62 bits per heavy atom. The molecule has 2 heterocycles. The van der Waals surface area contributed by atoms with Gasteiger partial charge < -0.3 is 4.90 Å². The zero-order valence-electron chi connectivity index (χ0n) is 17.0. The standard InChI is InChI=1S/C23H20ClN3O3S2/c24-20-11-13-22(31-20)32(29,30)26-19-5-1-3-18-4-2-14-27(23(18)19)21(28)12-10-16-6-8-17(15-25)9-7-16/h1,3,5-9,11,13,26H,2,4,10,12,14H2. The van der Waals surface area contributed by atoms with Crippen molar-refractivity contribution in [2.45, 2.75) is 29.9 Å². The van der Waals surface area contributed by atoms with E-state index in [2.05, 4.69) is 10.8 Å².